The van der Waals surface area contributed by atoms with Crippen molar-refractivity contribution in [3.05, 3.63) is 35.4 Å². The van der Waals surface area contributed by atoms with Crippen LogP contribution in [-0.2, 0) is 19.1 Å². The van der Waals surface area contributed by atoms with Crippen molar-refractivity contribution in [1.29, 1.82) is 0 Å². The second-order valence-electron chi connectivity index (χ2n) is 7.44. The molecule has 0 aromatic heterocycles. The van der Waals surface area contributed by atoms with Crippen LogP contribution in [0.25, 0.3) is 0 Å². The summed E-state index contributed by atoms with van der Waals surface area (Å²) >= 11 is 0. The first-order valence-electron chi connectivity index (χ1n) is 9.57. The van der Waals surface area contributed by atoms with Gasteiger partial charge in [-0.1, -0.05) is 36.0 Å². The van der Waals surface area contributed by atoms with E-state index in [-0.39, 0.29) is 31.5 Å². The van der Waals surface area contributed by atoms with E-state index in [1.807, 2.05) is 20.8 Å². The SMILES string of the molecule is CCOC(=O)C(CC#Cc1ccccc1C=O)(CC#CC(C)(C)C)C(=O)OCC. The number of aldehydes is 1. The molecule has 0 fully saturated rings. The fourth-order valence-corrected chi connectivity index (χ4v) is 2.44. The summed E-state index contributed by atoms with van der Waals surface area (Å²) in [5.74, 6) is 10.3. The fraction of sp³-hybridized carbons (Fsp3) is 0.458. The quantitative estimate of drug-likeness (QED) is 0.304. The monoisotopic (exact) mass is 396 g/mol. The molecule has 0 N–H and O–H groups in total. The highest BCUT2D eigenvalue weighted by molar-refractivity contribution is 6.00. The highest BCUT2D eigenvalue weighted by Crippen LogP contribution is 2.31. The number of ether oxygens (including phenoxy) is 2. The molecule has 0 aliphatic heterocycles. The normalized spacial score (nSPS) is 10.7. The Morgan fingerprint density at radius 2 is 1.52 bits per heavy atom. The Morgan fingerprint density at radius 1 is 0.966 bits per heavy atom. The molecule has 0 aliphatic carbocycles. The Labute approximate surface area is 173 Å². The number of benzene rings is 1. The minimum Gasteiger partial charge on any atom is -0.465 e. The molecule has 0 spiro atoms. The molecule has 0 heterocycles. The zero-order valence-electron chi connectivity index (χ0n) is 17.8. The smallest absolute Gasteiger partial charge is 0.325 e. The zero-order chi connectivity index (χ0) is 21.9. The lowest BCUT2D eigenvalue weighted by Crippen LogP contribution is -2.41. The van der Waals surface area contributed by atoms with E-state index in [2.05, 4.69) is 23.7 Å². The molecule has 0 radical (unpaired) electrons. The summed E-state index contributed by atoms with van der Waals surface area (Å²) in [6.45, 7) is 9.38. The van der Waals surface area contributed by atoms with Gasteiger partial charge in [-0.3, -0.25) is 14.4 Å². The first-order chi connectivity index (χ1) is 13.7. The van der Waals surface area contributed by atoms with Crippen LogP contribution in [0.4, 0.5) is 0 Å². The molecule has 1 rings (SSSR count). The van der Waals surface area contributed by atoms with E-state index in [1.165, 1.54) is 0 Å². The second kappa shape index (κ2) is 11.1. The van der Waals surface area contributed by atoms with Gasteiger partial charge >= 0.3 is 11.9 Å². The maximum Gasteiger partial charge on any atom is 0.325 e. The van der Waals surface area contributed by atoms with Crippen LogP contribution < -0.4 is 0 Å². The third kappa shape index (κ3) is 7.12. The number of carbonyl (C=O) groups is 3. The fourth-order valence-electron chi connectivity index (χ4n) is 2.44. The van der Waals surface area contributed by atoms with Crippen LogP contribution in [-0.4, -0.2) is 31.4 Å². The standard InChI is InChI=1S/C24H28O5/c1-6-28-21(26)24(22(27)29-7-2,17-11-15-23(3,4)5)16-10-14-19-12-8-9-13-20(19)18-25/h8-9,12-13,18H,6-7,16-17H2,1-5H3. The molecule has 1 aromatic carbocycles. The molecular formula is C24H28O5. The average molecular weight is 396 g/mol. The van der Waals surface area contributed by atoms with Crippen LogP contribution in [0.5, 0.6) is 0 Å². The maximum absolute atomic E-state index is 12.8. The summed E-state index contributed by atoms with van der Waals surface area (Å²) in [5.41, 5.74) is -0.980. The third-order valence-electron chi connectivity index (χ3n) is 3.89. The summed E-state index contributed by atoms with van der Waals surface area (Å²) in [4.78, 5) is 36.8. The Bertz CT molecular complexity index is 835. The Kier molecular flexibility index (Phi) is 9.16. The summed E-state index contributed by atoms with van der Waals surface area (Å²) in [6.07, 6.45) is 0.519. The lowest BCUT2D eigenvalue weighted by Gasteiger charge is -2.25. The van der Waals surface area contributed by atoms with Crippen molar-refractivity contribution < 1.29 is 23.9 Å². The first kappa shape index (κ1) is 24.0. The van der Waals surface area contributed by atoms with Gasteiger partial charge in [0.05, 0.1) is 13.2 Å². The molecule has 5 heteroatoms. The summed E-state index contributed by atoms with van der Waals surface area (Å²) in [7, 11) is 0. The van der Waals surface area contributed by atoms with Crippen LogP contribution in [0.2, 0.25) is 0 Å². The van der Waals surface area contributed by atoms with Crippen molar-refractivity contribution in [3.8, 4) is 23.7 Å². The van der Waals surface area contributed by atoms with Crippen LogP contribution in [0.3, 0.4) is 0 Å². The van der Waals surface area contributed by atoms with E-state index in [0.717, 1.165) is 0 Å². The highest BCUT2D eigenvalue weighted by atomic mass is 16.6. The second-order valence-corrected chi connectivity index (χ2v) is 7.44. The van der Waals surface area contributed by atoms with Gasteiger partial charge in [0.25, 0.3) is 0 Å². The average Bonchev–Trinajstić information content (AvgIpc) is 2.66. The van der Waals surface area contributed by atoms with Gasteiger partial charge in [0.1, 0.15) is 0 Å². The van der Waals surface area contributed by atoms with Crippen molar-refractivity contribution in [2.75, 3.05) is 13.2 Å². The third-order valence-corrected chi connectivity index (χ3v) is 3.89. The lowest BCUT2D eigenvalue weighted by atomic mass is 9.80. The summed E-state index contributed by atoms with van der Waals surface area (Å²) in [5, 5.41) is 0. The molecule has 5 nitrogen and oxygen atoms in total. The molecule has 0 atom stereocenters. The van der Waals surface area contributed by atoms with E-state index >= 15 is 0 Å². The van der Waals surface area contributed by atoms with Crippen molar-refractivity contribution in [2.24, 2.45) is 10.8 Å². The minimum atomic E-state index is -1.65. The molecule has 29 heavy (non-hydrogen) atoms. The number of rotatable bonds is 7. The maximum atomic E-state index is 12.8. The van der Waals surface area contributed by atoms with Crippen LogP contribution >= 0.6 is 0 Å². The predicted octanol–water partition coefficient (Wildman–Crippen LogP) is 3.79. The van der Waals surface area contributed by atoms with Crippen molar-refractivity contribution in [2.45, 2.75) is 47.5 Å². The molecular weight excluding hydrogens is 368 g/mol. The molecule has 0 unspecified atom stereocenters. The Hall–Kier alpha value is -3.05. The summed E-state index contributed by atoms with van der Waals surface area (Å²) in [6, 6.07) is 6.84. The molecule has 154 valence electrons. The largest absolute Gasteiger partial charge is 0.465 e. The van der Waals surface area contributed by atoms with Gasteiger partial charge in [-0.05, 0) is 40.7 Å². The van der Waals surface area contributed by atoms with E-state index in [4.69, 9.17) is 9.47 Å². The minimum absolute atomic E-state index is 0.0635. The number of hydrogen-bond acceptors (Lipinski definition) is 5. The Morgan fingerprint density at radius 3 is 2.03 bits per heavy atom. The van der Waals surface area contributed by atoms with Crippen molar-refractivity contribution >= 4 is 18.2 Å². The van der Waals surface area contributed by atoms with Gasteiger partial charge in [0.15, 0.2) is 11.7 Å². The first-order valence-corrected chi connectivity index (χ1v) is 9.57. The van der Waals surface area contributed by atoms with Gasteiger partial charge in [-0.25, -0.2) is 0 Å². The van der Waals surface area contributed by atoms with Crippen LogP contribution in [0.15, 0.2) is 24.3 Å². The van der Waals surface area contributed by atoms with E-state index < -0.39 is 17.4 Å². The van der Waals surface area contributed by atoms with E-state index in [0.29, 0.717) is 17.4 Å². The lowest BCUT2D eigenvalue weighted by molar-refractivity contribution is -0.171. The predicted molar refractivity (Wildman–Crippen MR) is 111 cm³/mol. The molecule has 0 amide bonds. The van der Waals surface area contributed by atoms with Crippen LogP contribution in [0.1, 0.15) is 63.4 Å². The van der Waals surface area contributed by atoms with Gasteiger partial charge < -0.3 is 9.47 Å². The molecule has 0 bridgehead atoms. The van der Waals surface area contributed by atoms with Gasteiger partial charge in [-0.15, -0.1) is 5.92 Å². The molecule has 0 saturated carbocycles. The molecule has 0 aliphatic rings. The van der Waals surface area contributed by atoms with Gasteiger partial charge in [-0.2, -0.15) is 0 Å². The molecule has 0 saturated heterocycles. The van der Waals surface area contributed by atoms with E-state index in [1.54, 1.807) is 38.1 Å². The number of hydrogen-bond donors (Lipinski definition) is 0. The highest BCUT2D eigenvalue weighted by Gasteiger charge is 2.48. The van der Waals surface area contributed by atoms with Crippen molar-refractivity contribution in [1.82, 2.24) is 0 Å². The van der Waals surface area contributed by atoms with Gasteiger partial charge in [0.2, 0.25) is 0 Å². The van der Waals surface area contributed by atoms with Crippen molar-refractivity contribution in [3.63, 3.8) is 0 Å². The van der Waals surface area contributed by atoms with Gasteiger partial charge in [0, 0.05) is 29.4 Å². The number of esters is 2. The Balaban J connectivity index is 3.37. The molecule has 1 aromatic rings. The van der Waals surface area contributed by atoms with Crippen LogP contribution in [0, 0.1) is 34.5 Å². The topological polar surface area (TPSA) is 69.7 Å². The zero-order valence-corrected chi connectivity index (χ0v) is 17.8. The number of carbonyl (C=O) groups excluding carboxylic acids is 3. The van der Waals surface area contributed by atoms with E-state index in [9.17, 15) is 14.4 Å². The summed E-state index contributed by atoms with van der Waals surface area (Å²) < 4.78 is 10.3.